The van der Waals surface area contributed by atoms with Crippen molar-refractivity contribution in [3.63, 3.8) is 0 Å². The van der Waals surface area contributed by atoms with Gasteiger partial charge in [-0.05, 0) is 19.3 Å². The second-order valence-electron chi connectivity index (χ2n) is 8.58. The van der Waals surface area contributed by atoms with E-state index in [9.17, 15) is 19.7 Å². The van der Waals surface area contributed by atoms with E-state index in [1.165, 1.54) is 21.8 Å². The summed E-state index contributed by atoms with van der Waals surface area (Å²) in [6.07, 6.45) is 0.0796. The van der Waals surface area contributed by atoms with Gasteiger partial charge in [0.1, 0.15) is 17.7 Å². The summed E-state index contributed by atoms with van der Waals surface area (Å²) in [5.74, 6) is 0. The second kappa shape index (κ2) is 9.32. The number of aryl methyl sites for hydroxylation is 1. The summed E-state index contributed by atoms with van der Waals surface area (Å²) in [6.45, 7) is 7.22. The molecule has 0 aromatic carbocycles. The Labute approximate surface area is 187 Å². The number of aliphatic hydroxyl groups excluding tert-OH is 2. The van der Waals surface area contributed by atoms with Crippen LogP contribution in [0.2, 0.25) is 0 Å². The highest BCUT2D eigenvalue weighted by molar-refractivity contribution is 7.53. The van der Waals surface area contributed by atoms with Crippen molar-refractivity contribution in [2.45, 2.75) is 89.2 Å². The topological polar surface area (TPSA) is 156 Å². The number of aromatic nitrogens is 4. The molecule has 3 rings (SSSR count). The van der Waals surface area contributed by atoms with Crippen molar-refractivity contribution in [2.24, 2.45) is 7.05 Å². The Morgan fingerprint density at radius 3 is 2.50 bits per heavy atom. The van der Waals surface area contributed by atoms with Crippen LogP contribution in [-0.4, -0.2) is 63.8 Å². The molecule has 0 radical (unpaired) electrons. The van der Waals surface area contributed by atoms with E-state index >= 15 is 0 Å². The van der Waals surface area contributed by atoms with E-state index in [0.717, 1.165) is 0 Å². The molecule has 1 aliphatic rings. The molecule has 180 valence electrons. The molecule has 0 bridgehead atoms. The van der Waals surface area contributed by atoms with Crippen LogP contribution in [0.15, 0.2) is 12.7 Å². The van der Waals surface area contributed by atoms with Gasteiger partial charge < -0.3 is 28.9 Å². The van der Waals surface area contributed by atoms with Crippen molar-refractivity contribution in [3.05, 3.63) is 18.1 Å². The van der Waals surface area contributed by atoms with Crippen LogP contribution in [0, 0.1) is 5.41 Å². The maximum absolute atomic E-state index is 12.8. The number of ether oxygens (including phenoxy) is 1. The fourth-order valence-corrected chi connectivity index (χ4v) is 5.53. The molecule has 0 spiro atoms. The van der Waals surface area contributed by atoms with E-state index in [-0.39, 0.29) is 11.9 Å². The zero-order valence-electron chi connectivity index (χ0n) is 19.2. The summed E-state index contributed by atoms with van der Waals surface area (Å²) < 4.78 is 27.7. The zero-order chi connectivity index (χ0) is 23.8. The first-order chi connectivity index (χ1) is 15.0. The number of fused-ring (bicyclic) bond motifs is 1. The lowest BCUT2D eigenvalue weighted by molar-refractivity contribution is -0.0713. The highest BCUT2D eigenvalue weighted by atomic mass is 31.2. The minimum absolute atomic E-state index is 0.133. The molecule has 2 aromatic heterocycles. The van der Waals surface area contributed by atoms with Gasteiger partial charge in [0.05, 0.1) is 30.0 Å². The summed E-state index contributed by atoms with van der Waals surface area (Å²) in [7, 11) is -2.20. The average Bonchev–Trinajstić information content (AvgIpc) is 3.31. The predicted molar refractivity (Wildman–Crippen MR) is 117 cm³/mol. The first kappa shape index (κ1) is 25.0. The number of nitrogens with zero attached hydrogens (tertiary/aromatic N) is 4. The minimum Gasteiger partial charge on any atom is -0.388 e. The summed E-state index contributed by atoms with van der Waals surface area (Å²) in [5, 5.41) is 29.6. The molecular formula is C20H34N5O6P. The van der Waals surface area contributed by atoms with Crippen molar-refractivity contribution in [1.82, 2.24) is 19.1 Å². The third kappa shape index (κ3) is 4.42. The first-order valence-electron chi connectivity index (χ1n) is 11.0. The second-order valence-corrected chi connectivity index (χ2v) is 10.8. The van der Waals surface area contributed by atoms with Crippen molar-refractivity contribution < 1.29 is 28.9 Å². The summed E-state index contributed by atoms with van der Waals surface area (Å²) in [5.41, 5.74) is -0.651. The third-order valence-electron chi connectivity index (χ3n) is 6.64. The van der Waals surface area contributed by atoms with Crippen LogP contribution >= 0.6 is 7.60 Å². The van der Waals surface area contributed by atoms with Crippen molar-refractivity contribution in [2.75, 3.05) is 0 Å². The summed E-state index contributed by atoms with van der Waals surface area (Å²) >= 11 is 0. The normalized spacial score (nSPS) is 27.0. The first-order valence-corrected chi connectivity index (χ1v) is 12.6. The van der Waals surface area contributed by atoms with Crippen LogP contribution in [-0.2, 0) is 20.9 Å². The van der Waals surface area contributed by atoms with Crippen LogP contribution in [0.25, 0.3) is 11.2 Å². The van der Waals surface area contributed by atoms with E-state index in [0.29, 0.717) is 30.4 Å². The minimum atomic E-state index is -3.88. The maximum atomic E-state index is 12.8. The number of aliphatic hydroxyl groups is 2. The van der Waals surface area contributed by atoms with Gasteiger partial charge in [-0.1, -0.05) is 27.7 Å². The van der Waals surface area contributed by atoms with Crippen LogP contribution in [0.1, 0.15) is 59.6 Å². The van der Waals surface area contributed by atoms with Crippen LogP contribution in [0.4, 0.5) is 0 Å². The molecule has 3 heterocycles. The highest BCUT2D eigenvalue weighted by Crippen LogP contribution is 2.54. The monoisotopic (exact) mass is 471 g/mol. The molecule has 11 nitrogen and oxygen atoms in total. The summed E-state index contributed by atoms with van der Waals surface area (Å²) in [4.78, 5) is 19.0. The lowest BCUT2D eigenvalue weighted by Gasteiger charge is -2.37. The molecule has 1 saturated heterocycles. The van der Waals surface area contributed by atoms with Gasteiger partial charge in [-0.15, -0.1) is 0 Å². The molecule has 4 N–H and O–H groups in total. The number of hydrogen-bond acceptors (Lipinski definition) is 8. The van der Waals surface area contributed by atoms with Gasteiger partial charge in [0.2, 0.25) is 0 Å². The van der Waals surface area contributed by atoms with Gasteiger partial charge in [-0.2, -0.15) is 0 Å². The number of hydrogen-bond donors (Lipinski definition) is 4. The number of nitrogens with one attached hydrogen (secondary N) is 1. The molecule has 0 aliphatic carbocycles. The standard InChI is InChI=1S/C20H34N5O6P/c1-6-12(4)32(28,29)31-20(7-2,8-3)9-13-15(26)16(27)19(30-13)25-11-22-14-17(21)24(5)10-23-18(14)25/h10-13,15-16,19,21,26-27H,6-9H2,1-5H3,(H,28,29). The van der Waals surface area contributed by atoms with Crippen molar-refractivity contribution in [3.8, 4) is 0 Å². The largest absolute Gasteiger partial charge is 0.388 e. The zero-order valence-corrected chi connectivity index (χ0v) is 20.1. The van der Waals surface area contributed by atoms with E-state index < -0.39 is 43.4 Å². The lowest BCUT2D eigenvalue weighted by atomic mass is 9.88. The van der Waals surface area contributed by atoms with Crippen molar-refractivity contribution >= 4 is 18.8 Å². The number of imidazole rings is 1. The smallest absolute Gasteiger partial charge is 0.331 e. The van der Waals surface area contributed by atoms with E-state index in [4.69, 9.17) is 14.7 Å². The highest BCUT2D eigenvalue weighted by Gasteiger charge is 2.49. The molecule has 12 heteroatoms. The van der Waals surface area contributed by atoms with E-state index in [2.05, 4.69) is 9.97 Å². The Hall–Kier alpha value is -1.62. The molecule has 6 atom stereocenters. The predicted octanol–water partition coefficient (Wildman–Crippen LogP) is 1.82. The lowest BCUT2D eigenvalue weighted by Crippen LogP contribution is -2.40. The summed E-state index contributed by atoms with van der Waals surface area (Å²) in [6, 6.07) is 0. The molecular weight excluding hydrogens is 437 g/mol. The Bertz CT molecular complexity index is 1050. The molecule has 32 heavy (non-hydrogen) atoms. The molecule has 2 aromatic rings. The molecule has 1 fully saturated rings. The van der Waals surface area contributed by atoms with Crippen molar-refractivity contribution in [1.29, 1.82) is 5.41 Å². The molecule has 6 unspecified atom stereocenters. The van der Waals surface area contributed by atoms with Gasteiger partial charge in [-0.3, -0.25) is 14.5 Å². The third-order valence-corrected chi connectivity index (χ3v) is 8.77. The fourth-order valence-electron chi connectivity index (χ4n) is 4.00. The molecule has 0 saturated carbocycles. The van der Waals surface area contributed by atoms with Crippen LogP contribution in [0.5, 0.6) is 0 Å². The average molecular weight is 471 g/mol. The van der Waals surface area contributed by atoms with Gasteiger partial charge in [-0.25, -0.2) is 9.97 Å². The van der Waals surface area contributed by atoms with Gasteiger partial charge in [0.25, 0.3) is 0 Å². The van der Waals surface area contributed by atoms with Gasteiger partial charge in [0, 0.05) is 13.5 Å². The fraction of sp³-hybridized carbons (Fsp3) is 0.750. The quantitative estimate of drug-likeness (QED) is 0.404. The van der Waals surface area contributed by atoms with E-state index in [1.807, 2.05) is 20.8 Å². The van der Waals surface area contributed by atoms with Crippen LogP contribution in [0.3, 0.4) is 0 Å². The maximum Gasteiger partial charge on any atom is 0.331 e. The Morgan fingerprint density at radius 2 is 1.91 bits per heavy atom. The Morgan fingerprint density at radius 1 is 1.25 bits per heavy atom. The Kier molecular flexibility index (Phi) is 7.29. The van der Waals surface area contributed by atoms with Crippen LogP contribution < -0.4 is 5.49 Å². The number of rotatable bonds is 9. The molecule has 1 aliphatic heterocycles. The molecule has 0 amide bonds. The van der Waals surface area contributed by atoms with Gasteiger partial charge in [0.15, 0.2) is 17.4 Å². The SMILES string of the molecule is CCC(C)P(=O)(O)OC(CC)(CC)CC1OC(n2cnc3c(=N)n(C)cnc32)C(O)C1O. The van der Waals surface area contributed by atoms with Gasteiger partial charge >= 0.3 is 7.60 Å². The van der Waals surface area contributed by atoms with E-state index in [1.54, 1.807) is 14.0 Å². The Balaban J connectivity index is 1.88.